The van der Waals surface area contributed by atoms with Gasteiger partial charge >= 0.3 is 5.97 Å². The fourth-order valence-corrected chi connectivity index (χ4v) is 4.61. The van der Waals surface area contributed by atoms with Crippen LogP contribution in [-0.2, 0) is 22.4 Å². The summed E-state index contributed by atoms with van der Waals surface area (Å²) >= 11 is 5.99. The molecule has 1 aromatic carbocycles. The first-order chi connectivity index (χ1) is 15.8. The Morgan fingerprint density at radius 2 is 2.00 bits per heavy atom. The van der Waals surface area contributed by atoms with Crippen LogP contribution in [0.1, 0.15) is 55.2 Å². The molecule has 1 atom stereocenters. The fourth-order valence-electron chi connectivity index (χ4n) is 4.45. The number of halogens is 1. The average Bonchev–Trinajstić information content (AvgIpc) is 2.82. The van der Waals surface area contributed by atoms with Crippen molar-refractivity contribution in [2.75, 3.05) is 11.9 Å². The van der Waals surface area contributed by atoms with Crippen molar-refractivity contribution in [1.82, 2.24) is 9.97 Å². The number of esters is 1. The van der Waals surface area contributed by atoms with E-state index in [1.54, 1.807) is 12.1 Å². The molecule has 0 fully saturated rings. The maximum atomic E-state index is 13.3. The minimum Gasteiger partial charge on any atom is -0.452 e. The van der Waals surface area contributed by atoms with E-state index in [9.17, 15) is 9.59 Å². The molecule has 0 unspecified atom stereocenters. The number of anilines is 1. The number of pyridine rings is 2. The van der Waals surface area contributed by atoms with Gasteiger partial charge in [-0.25, -0.2) is 9.78 Å². The summed E-state index contributed by atoms with van der Waals surface area (Å²) in [6, 6.07) is 10.9. The molecule has 2 heterocycles. The van der Waals surface area contributed by atoms with E-state index in [4.69, 9.17) is 21.3 Å². The summed E-state index contributed by atoms with van der Waals surface area (Å²) in [6.45, 7) is 6.35. The van der Waals surface area contributed by atoms with Gasteiger partial charge in [0.05, 0.1) is 16.8 Å². The second kappa shape index (κ2) is 9.48. The number of para-hydroxylation sites is 1. The van der Waals surface area contributed by atoms with E-state index in [0.717, 1.165) is 47.8 Å². The Morgan fingerprint density at radius 3 is 2.76 bits per heavy atom. The highest BCUT2D eigenvalue weighted by atomic mass is 35.5. The topological polar surface area (TPSA) is 81.2 Å². The molecule has 1 aliphatic carbocycles. The van der Waals surface area contributed by atoms with Gasteiger partial charge in [0.15, 0.2) is 11.8 Å². The number of aromatic nitrogens is 2. The van der Waals surface area contributed by atoms with Gasteiger partial charge in [-0.2, -0.15) is 0 Å². The third-order valence-electron chi connectivity index (χ3n) is 6.85. The predicted octanol–water partition coefficient (Wildman–Crippen LogP) is 5.62. The standard InChI is InChI=1S/C26H28ClN3O3/c1-4-26(2,3)16-11-12-20-18(14-16)23(17-8-5-6-9-19(17)29-20)25(32)33-15-22(31)30-21-10-7-13-28-24(21)27/h5-10,13,16H,4,11-12,14-15H2,1-3H3,(H,30,31)/t16-/m1/s1. The van der Waals surface area contributed by atoms with Crippen molar-refractivity contribution in [3.8, 4) is 0 Å². The van der Waals surface area contributed by atoms with Gasteiger partial charge in [0.2, 0.25) is 0 Å². The van der Waals surface area contributed by atoms with Crippen molar-refractivity contribution in [2.45, 2.75) is 46.5 Å². The van der Waals surface area contributed by atoms with E-state index in [1.165, 1.54) is 6.20 Å². The van der Waals surface area contributed by atoms with Gasteiger partial charge in [-0.1, -0.05) is 57.0 Å². The molecule has 172 valence electrons. The number of nitrogens with zero attached hydrogens (tertiary/aromatic N) is 2. The van der Waals surface area contributed by atoms with Crippen LogP contribution in [0.25, 0.3) is 10.9 Å². The predicted molar refractivity (Wildman–Crippen MR) is 129 cm³/mol. The normalized spacial score (nSPS) is 15.7. The first-order valence-corrected chi connectivity index (χ1v) is 11.7. The lowest BCUT2D eigenvalue weighted by atomic mass is 9.68. The lowest BCUT2D eigenvalue weighted by Gasteiger charge is -2.37. The molecular weight excluding hydrogens is 438 g/mol. The van der Waals surface area contributed by atoms with Crippen LogP contribution in [0.15, 0.2) is 42.6 Å². The van der Waals surface area contributed by atoms with Crippen LogP contribution >= 0.6 is 11.6 Å². The number of carbonyl (C=O) groups is 2. The maximum absolute atomic E-state index is 13.3. The Bertz CT molecular complexity index is 1210. The summed E-state index contributed by atoms with van der Waals surface area (Å²) in [5, 5.41) is 3.56. The number of nitrogens with one attached hydrogen (secondary N) is 1. The van der Waals surface area contributed by atoms with Gasteiger partial charge < -0.3 is 10.1 Å². The summed E-state index contributed by atoms with van der Waals surface area (Å²) < 4.78 is 5.48. The molecule has 0 radical (unpaired) electrons. The second-order valence-electron chi connectivity index (χ2n) is 9.18. The van der Waals surface area contributed by atoms with E-state index in [-0.39, 0.29) is 10.6 Å². The molecule has 1 aliphatic rings. The largest absolute Gasteiger partial charge is 0.452 e. The number of hydrogen-bond donors (Lipinski definition) is 1. The highest BCUT2D eigenvalue weighted by Gasteiger charge is 2.34. The van der Waals surface area contributed by atoms with Crippen molar-refractivity contribution in [1.29, 1.82) is 0 Å². The van der Waals surface area contributed by atoms with Crippen molar-refractivity contribution in [2.24, 2.45) is 11.3 Å². The molecule has 0 bridgehead atoms. The van der Waals surface area contributed by atoms with Crippen LogP contribution < -0.4 is 5.32 Å². The number of fused-ring (bicyclic) bond motifs is 2. The second-order valence-corrected chi connectivity index (χ2v) is 9.54. The van der Waals surface area contributed by atoms with Crippen LogP contribution in [-0.4, -0.2) is 28.5 Å². The molecule has 6 nitrogen and oxygen atoms in total. The summed E-state index contributed by atoms with van der Waals surface area (Å²) in [7, 11) is 0. The molecule has 1 amide bonds. The van der Waals surface area contributed by atoms with Crippen molar-refractivity contribution >= 4 is 40.1 Å². The third-order valence-corrected chi connectivity index (χ3v) is 7.15. The Balaban J connectivity index is 1.61. The van der Waals surface area contributed by atoms with E-state index < -0.39 is 18.5 Å². The third kappa shape index (κ3) is 4.86. The highest BCUT2D eigenvalue weighted by molar-refractivity contribution is 6.32. The molecule has 3 aromatic rings. The van der Waals surface area contributed by atoms with E-state index in [2.05, 4.69) is 31.1 Å². The van der Waals surface area contributed by atoms with Gasteiger partial charge in [-0.3, -0.25) is 9.78 Å². The van der Waals surface area contributed by atoms with Crippen molar-refractivity contribution in [3.63, 3.8) is 0 Å². The van der Waals surface area contributed by atoms with Gasteiger partial charge in [-0.05, 0) is 54.4 Å². The number of aryl methyl sites for hydroxylation is 1. The molecular formula is C26H28ClN3O3. The smallest absolute Gasteiger partial charge is 0.339 e. The Hall–Kier alpha value is -2.99. The van der Waals surface area contributed by atoms with Crippen LogP contribution in [0, 0.1) is 11.3 Å². The number of carbonyl (C=O) groups excluding carboxylic acids is 2. The Labute approximate surface area is 198 Å². The van der Waals surface area contributed by atoms with Crippen LogP contribution in [0.4, 0.5) is 5.69 Å². The molecule has 0 saturated heterocycles. The summed E-state index contributed by atoms with van der Waals surface area (Å²) in [4.78, 5) is 34.5. The fraction of sp³-hybridized carbons (Fsp3) is 0.385. The molecule has 4 rings (SSSR count). The first-order valence-electron chi connectivity index (χ1n) is 11.3. The number of ether oxygens (including phenoxy) is 1. The zero-order valence-electron chi connectivity index (χ0n) is 19.2. The number of benzene rings is 1. The lowest BCUT2D eigenvalue weighted by Crippen LogP contribution is -2.31. The lowest BCUT2D eigenvalue weighted by molar-refractivity contribution is -0.119. The quantitative estimate of drug-likeness (QED) is 0.377. The van der Waals surface area contributed by atoms with Crippen LogP contribution in [0.3, 0.4) is 0 Å². The van der Waals surface area contributed by atoms with Gasteiger partial charge in [0, 0.05) is 17.3 Å². The number of hydrogen-bond acceptors (Lipinski definition) is 5. The minimum atomic E-state index is -0.507. The molecule has 0 aliphatic heterocycles. The molecule has 33 heavy (non-hydrogen) atoms. The van der Waals surface area contributed by atoms with E-state index in [0.29, 0.717) is 17.2 Å². The van der Waals surface area contributed by atoms with Crippen molar-refractivity contribution in [3.05, 3.63) is 64.6 Å². The number of rotatable bonds is 6. The van der Waals surface area contributed by atoms with Crippen molar-refractivity contribution < 1.29 is 14.3 Å². The van der Waals surface area contributed by atoms with E-state index in [1.807, 2.05) is 24.3 Å². The van der Waals surface area contributed by atoms with Gasteiger partial charge in [0.1, 0.15) is 0 Å². The Kier molecular flexibility index (Phi) is 6.66. The zero-order valence-corrected chi connectivity index (χ0v) is 19.9. The number of amides is 1. The van der Waals surface area contributed by atoms with Crippen LogP contribution in [0.2, 0.25) is 5.15 Å². The van der Waals surface area contributed by atoms with Gasteiger partial charge in [0.25, 0.3) is 5.91 Å². The zero-order chi connectivity index (χ0) is 23.6. The van der Waals surface area contributed by atoms with E-state index >= 15 is 0 Å². The minimum absolute atomic E-state index is 0.160. The summed E-state index contributed by atoms with van der Waals surface area (Å²) in [5.74, 6) is -0.539. The Morgan fingerprint density at radius 1 is 1.21 bits per heavy atom. The first kappa shape index (κ1) is 23.2. The molecule has 2 aromatic heterocycles. The summed E-state index contributed by atoms with van der Waals surface area (Å²) in [6.07, 6.45) is 5.24. The molecule has 0 spiro atoms. The summed E-state index contributed by atoms with van der Waals surface area (Å²) in [5.41, 5.74) is 3.73. The van der Waals surface area contributed by atoms with Crippen LogP contribution in [0.5, 0.6) is 0 Å². The molecule has 1 N–H and O–H groups in total. The maximum Gasteiger partial charge on any atom is 0.339 e. The molecule has 0 saturated carbocycles. The van der Waals surface area contributed by atoms with Gasteiger partial charge in [-0.15, -0.1) is 0 Å². The SMILES string of the molecule is CCC(C)(C)[C@@H]1CCc2nc3ccccc3c(C(=O)OCC(=O)Nc3cccnc3Cl)c2C1. The molecule has 7 heteroatoms. The monoisotopic (exact) mass is 465 g/mol. The average molecular weight is 466 g/mol. The highest BCUT2D eigenvalue weighted by Crippen LogP contribution is 2.41.